The second-order valence-corrected chi connectivity index (χ2v) is 6.96. The van der Waals surface area contributed by atoms with Crippen LogP contribution in [0.3, 0.4) is 0 Å². The van der Waals surface area contributed by atoms with Crippen LogP contribution in [0.25, 0.3) is 0 Å². The quantitative estimate of drug-likeness (QED) is 0.792. The lowest BCUT2D eigenvalue weighted by atomic mass is 10.1. The molecule has 1 aromatic carbocycles. The Kier molecular flexibility index (Phi) is 6.23. The van der Waals surface area contributed by atoms with E-state index in [1.807, 2.05) is 13.0 Å². The molecule has 0 aliphatic carbocycles. The maximum Gasteiger partial charge on any atom is 0.342 e. The van der Waals surface area contributed by atoms with Crippen LogP contribution in [0.4, 0.5) is 0 Å². The fourth-order valence-electron chi connectivity index (χ4n) is 2.12. The molecule has 0 saturated carbocycles. The van der Waals surface area contributed by atoms with Gasteiger partial charge in [0.25, 0.3) is 5.91 Å². The average molecular weight is 368 g/mol. The van der Waals surface area contributed by atoms with Crippen molar-refractivity contribution in [3.05, 3.63) is 50.7 Å². The number of aromatic hydroxyl groups is 1. The summed E-state index contributed by atoms with van der Waals surface area (Å²) in [6.45, 7) is 4.06. The van der Waals surface area contributed by atoms with Crippen LogP contribution in [0, 0.1) is 6.92 Å². The SMILES string of the molecule is CCN(Cc1ccc(Cl)s1)C(=O)COC(=O)c1cccc(C)c1O. The van der Waals surface area contributed by atoms with Gasteiger partial charge in [0.1, 0.15) is 11.3 Å². The average Bonchev–Trinajstić information content (AvgIpc) is 2.97. The van der Waals surface area contributed by atoms with Crippen molar-refractivity contribution < 1.29 is 19.4 Å². The Labute approximate surface area is 149 Å². The highest BCUT2D eigenvalue weighted by molar-refractivity contribution is 7.16. The molecule has 0 spiro atoms. The molecule has 0 aliphatic heterocycles. The number of hydrogen-bond donors (Lipinski definition) is 1. The Morgan fingerprint density at radius 3 is 2.67 bits per heavy atom. The number of phenolic OH excluding ortho intramolecular Hbond substituents is 1. The highest BCUT2D eigenvalue weighted by Crippen LogP contribution is 2.23. The van der Waals surface area contributed by atoms with Crippen molar-refractivity contribution in [1.29, 1.82) is 0 Å². The van der Waals surface area contributed by atoms with Gasteiger partial charge in [0.15, 0.2) is 6.61 Å². The van der Waals surface area contributed by atoms with Gasteiger partial charge in [0.2, 0.25) is 0 Å². The van der Waals surface area contributed by atoms with Gasteiger partial charge in [-0.2, -0.15) is 0 Å². The van der Waals surface area contributed by atoms with Crippen molar-refractivity contribution in [2.45, 2.75) is 20.4 Å². The van der Waals surface area contributed by atoms with Crippen LogP contribution in [0.1, 0.15) is 27.7 Å². The van der Waals surface area contributed by atoms with Crippen molar-refractivity contribution in [1.82, 2.24) is 4.90 Å². The number of likely N-dealkylation sites (N-methyl/N-ethyl adjacent to an activating group) is 1. The Hall–Kier alpha value is -2.05. The molecule has 24 heavy (non-hydrogen) atoms. The Morgan fingerprint density at radius 1 is 1.29 bits per heavy atom. The smallest absolute Gasteiger partial charge is 0.342 e. The summed E-state index contributed by atoms with van der Waals surface area (Å²) in [7, 11) is 0. The summed E-state index contributed by atoms with van der Waals surface area (Å²) in [5.41, 5.74) is 0.622. The number of para-hydroxylation sites is 1. The van der Waals surface area contributed by atoms with Crippen molar-refractivity contribution in [3.8, 4) is 5.75 Å². The second-order valence-electron chi connectivity index (χ2n) is 5.16. The predicted octanol–water partition coefficient (Wildman–Crippen LogP) is 3.62. The first-order valence-corrected chi connectivity index (χ1v) is 8.59. The first-order chi connectivity index (χ1) is 11.4. The van der Waals surface area contributed by atoms with E-state index >= 15 is 0 Å². The molecule has 1 aromatic heterocycles. The molecular weight excluding hydrogens is 350 g/mol. The molecule has 1 heterocycles. The van der Waals surface area contributed by atoms with Crippen molar-refractivity contribution in [2.24, 2.45) is 0 Å². The van der Waals surface area contributed by atoms with Crippen LogP contribution in [-0.4, -0.2) is 35.0 Å². The lowest BCUT2D eigenvalue weighted by molar-refractivity contribution is -0.134. The monoisotopic (exact) mass is 367 g/mol. The zero-order chi connectivity index (χ0) is 17.7. The van der Waals surface area contributed by atoms with E-state index in [2.05, 4.69) is 0 Å². The number of esters is 1. The number of phenols is 1. The number of aryl methyl sites for hydroxylation is 1. The van der Waals surface area contributed by atoms with E-state index in [1.165, 1.54) is 17.4 Å². The number of ether oxygens (including phenoxy) is 1. The lowest BCUT2D eigenvalue weighted by Gasteiger charge is -2.20. The fraction of sp³-hybridized carbons (Fsp3) is 0.294. The van der Waals surface area contributed by atoms with Crippen molar-refractivity contribution >= 4 is 34.8 Å². The van der Waals surface area contributed by atoms with E-state index in [4.69, 9.17) is 16.3 Å². The molecule has 1 N–H and O–H groups in total. The van der Waals surface area contributed by atoms with Crippen LogP contribution < -0.4 is 0 Å². The maximum atomic E-state index is 12.2. The first kappa shape index (κ1) is 18.3. The van der Waals surface area contributed by atoms with Gasteiger partial charge < -0.3 is 14.7 Å². The molecule has 0 unspecified atom stereocenters. The number of thiophene rings is 1. The summed E-state index contributed by atoms with van der Waals surface area (Å²) in [6, 6.07) is 8.43. The number of rotatable bonds is 6. The largest absolute Gasteiger partial charge is 0.507 e. The minimum absolute atomic E-state index is 0.0517. The molecule has 0 bridgehead atoms. The summed E-state index contributed by atoms with van der Waals surface area (Å²) in [5, 5.41) is 9.88. The third kappa shape index (κ3) is 4.49. The molecule has 0 atom stereocenters. The van der Waals surface area contributed by atoms with Crippen molar-refractivity contribution in [3.63, 3.8) is 0 Å². The van der Waals surface area contributed by atoms with Gasteiger partial charge in [0.05, 0.1) is 10.9 Å². The van der Waals surface area contributed by atoms with Gasteiger partial charge in [-0.3, -0.25) is 4.79 Å². The van der Waals surface area contributed by atoms with Gasteiger partial charge in [-0.1, -0.05) is 23.7 Å². The molecule has 128 valence electrons. The minimum atomic E-state index is -0.722. The second kappa shape index (κ2) is 8.17. The molecule has 0 fully saturated rings. The Bertz CT molecular complexity index is 744. The zero-order valence-electron chi connectivity index (χ0n) is 13.4. The van der Waals surface area contributed by atoms with Crippen LogP contribution in [0.15, 0.2) is 30.3 Å². The van der Waals surface area contributed by atoms with E-state index < -0.39 is 5.97 Å². The first-order valence-electron chi connectivity index (χ1n) is 7.40. The number of benzene rings is 1. The zero-order valence-corrected chi connectivity index (χ0v) is 15.0. The van der Waals surface area contributed by atoms with Gasteiger partial charge >= 0.3 is 5.97 Å². The molecule has 0 saturated heterocycles. The normalized spacial score (nSPS) is 10.5. The molecule has 7 heteroatoms. The minimum Gasteiger partial charge on any atom is -0.507 e. The Balaban J connectivity index is 1.95. The summed E-state index contributed by atoms with van der Waals surface area (Å²) >= 11 is 7.29. The van der Waals surface area contributed by atoms with Gasteiger partial charge in [-0.25, -0.2) is 4.79 Å². The molecule has 5 nitrogen and oxygen atoms in total. The molecule has 2 rings (SSSR count). The van der Waals surface area contributed by atoms with E-state index in [-0.39, 0.29) is 23.8 Å². The standard InChI is InChI=1S/C17H18ClNO4S/c1-3-19(9-12-7-8-14(18)24-12)15(20)10-23-17(22)13-6-4-5-11(2)16(13)21/h4-8,21H,3,9-10H2,1-2H3. The number of carbonyl (C=O) groups excluding carboxylic acids is 2. The highest BCUT2D eigenvalue weighted by atomic mass is 35.5. The highest BCUT2D eigenvalue weighted by Gasteiger charge is 2.18. The Morgan fingerprint density at radius 2 is 2.04 bits per heavy atom. The number of hydrogen-bond acceptors (Lipinski definition) is 5. The van der Waals surface area contributed by atoms with Gasteiger partial charge in [-0.15, -0.1) is 11.3 Å². The number of nitrogens with zero attached hydrogens (tertiary/aromatic N) is 1. The summed E-state index contributed by atoms with van der Waals surface area (Å²) in [6.07, 6.45) is 0. The van der Waals surface area contributed by atoms with Crippen LogP contribution >= 0.6 is 22.9 Å². The van der Waals surface area contributed by atoms with Crippen LogP contribution in [-0.2, 0) is 16.1 Å². The number of halogens is 1. The predicted molar refractivity (Wildman–Crippen MR) is 93.5 cm³/mol. The van der Waals surface area contributed by atoms with Crippen LogP contribution in [0.2, 0.25) is 4.34 Å². The summed E-state index contributed by atoms with van der Waals surface area (Å²) < 4.78 is 5.70. The topological polar surface area (TPSA) is 66.8 Å². The van der Waals surface area contributed by atoms with Crippen LogP contribution in [0.5, 0.6) is 5.75 Å². The van der Waals surface area contributed by atoms with E-state index in [9.17, 15) is 14.7 Å². The third-order valence-corrected chi connectivity index (χ3v) is 4.71. The molecule has 0 aliphatic rings. The van der Waals surface area contributed by atoms with E-state index in [0.29, 0.717) is 23.0 Å². The molecule has 2 aromatic rings. The van der Waals surface area contributed by atoms with Crippen molar-refractivity contribution in [2.75, 3.05) is 13.2 Å². The molecule has 0 radical (unpaired) electrons. The van der Waals surface area contributed by atoms with Gasteiger partial charge in [0, 0.05) is 11.4 Å². The number of amides is 1. The molecule has 1 amide bonds. The maximum absolute atomic E-state index is 12.2. The summed E-state index contributed by atoms with van der Waals surface area (Å²) in [4.78, 5) is 26.8. The summed E-state index contributed by atoms with van der Waals surface area (Å²) in [5.74, 6) is -1.15. The van der Waals surface area contributed by atoms with E-state index in [1.54, 1.807) is 30.0 Å². The lowest BCUT2D eigenvalue weighted by Crippen LogP contribution is -2.33. The fourth-order valence-corrected chi connectivity index (χ4v) is 3.22. The molecular formula is C17H18ClNO4S. The number of carbonyl (C=O) groups is 2. The van der Waals surface area contributed by atoms with Gasteiger partial charge in [-0.05, 0) is 37.6 Å². The van der Waals surface area contributed by atoms with E-state index in [0.717, 1.165) is 4.88 Å². The third-order valence-electron chi connectivity index (χ3n) is 3.49.